The predicted molar refractivity (Wildman–Crippen MR) is 107 cm³/mol. The van der Waals surface area contributed by atoms with Gasteiger partial charge >= 0.3 is 6.03 Å². The standard InChI is InChI=1S/C20H25FN6O3/c1-30-17-6-4-15(5-7-17)22-20(29)27-11-14(21)10-16(27)12-26-13-18(23-24-26)19(28)25-8-2-3-9-25/h4-7,13-14,16H,2-3,8-12H2,1H3,(H,22,29). The Labute approximate surface area is 173 Å². The number of carbonyl (C=O) groups excluding carboxylic acids is 2. The van der Waals surface area contributed by atoms with Gasteiger partial charge in [-0.1, -0.05) is 5.21 Å². The molecular formula is C20H25FN6O3. The minimum absolute atomic E-state index is 0.0148. The molecule has 0 saturated carbocycles. The van der Waals surface area contributed by atoms with E-state index in [0.717, 1.165) is 25.9 Å². The average molecular weight is 416 g/mol. The molecule has 2 aliphatic rings. The van der Waals surface area contributed by atoms with Crippen molar-refractivity contribution in [1.82, 2.24) is 24.8 Å². The highest BCUT2D eigenvalue weighted by molar-refractivity contribution is 5.92. The summed E-state index contributed by atoms with van der Waals surface area (Å²) in [7, 11) is 1.57. The molecule has 30 heavy (non-hydrogen) atoms. The normalized spacial score (nSPS) is 21.1. The van der Waals surface area contributed by atoms with Gasteiger partial charge in [-0.25, -0.2) is 13.9 Å². The number of nitrogens with one attached hydrogen (secondary N) is 1. The van der Waals surface area contributed by atoms with Crippen molar-refractivity contribution in [2.24, 2.45) is 0 Å². The largest absolute Gasteiger partial charge is 0.497 e. The number of benzene rings is 1. The average Bonchev–Trinajstić information content (AvgIpc) is 3.50. The summed E-state index contributed by atoms with van der Waals surface area (Å²) in [5, 5.41) is 10.8. The first-order valence-electron chi connectivity index (χ1n) is 10.1. The fraction of sp³-hybridized carbons (Fsp3) is 0.500. The van der Waals surface area contributed by atoms with Crippen LogP contribution < -0.4 is 10.1 Å². The van der Waals surface area contributed by atoms with Crippen molar-refractivity contribution >= 4 is 17.6 Å². The highest BCUT2D eigenvalue weighted by Gasteiger charge is 2.36. The number of amides is 3. The Balaban J connectivity index is 1.40. The van der Waals surface area contributed by atoms with Gasteiger partial charge in [0.25, 0.3) is 5.91 Å². The lowest BCUT2D eigenvalue weighted by atomic mass is 10.2. The second-order valence-electron chi connectivity index (χ2n) is 7.62. The number of hydrogen-bond donors (Lipinski definition) is 1. The van der Waals surface area contributed by atoms with Gasteiger partial charge < -0.3 is 19.9 Å². The molecule has 3 amide bonds. The number of alkyl halides is 1. The van der Waals surface area contributed by atoms with Crippen molar-refractivity contribution in [3.63, 3.8) is 0 Å². The van der Waals surface area contributed by atoms with Crippen LogP contribution in [0.1, 0.15) is 29.8 Å². The SMILES string of the molecule is COc1ccc(NC(=O)N2CC(F)CC2Cn2cc(C(=O)N3CCCC3)nn2)cc1. The number of nitrogens with zero attached hydrogens (tertiary/aromatic N) is 5. The topological polar surface area (TPSA) is 92.6 Å². The number of urea groups is 1. The highest BCUT2D eigenvalue weighted by Crippen LogP contribution is 2.24. The maximum atomic E-state index is 14.1. The Morgan fingerprint density at radius 1 is 1.23 bits per heavy atom. The van der Waals surface area contributed by atoms with Gasteiger partial charge in [0, 0.05) is 25.2 Å². The molecule has 0 radical (unpaired) electrons. The van der Waals surface area contributed by atoms with Crippen LogP contribution in [0, 0.1) is 0 Å². The Bertz CT molecular complexity index is 896. The summed E-state index contributed by atoms with van der Waals surface area (Å²) in [6.45, 7) is 1.76. The third-order valence-electron chi connectivity index (χ3n) is 5.51. The van der Waals surface area contributed by atoms with Gasteiger partial charge in [0.15, 0.2) is 5.69 Å². The third kappa shape index (κ3) is 4.37. The molecule has 0 spiro atoms. The molecule has 2 aliphatic heterocycles. The molecule has 2 fully saturated rings. The molecule has 0 aliphatic carbocycles. The molecule has 2 saturated heterocycles. The maximum Gasteiger partial charge on any atom is 0.322 e. The van der Waals surface area contributed by atoms with E-state index in [1.54, 1.807) is 42.5 Å². The number of methoxy groups -OCH3 is 1. The van der Waals surface area contributed by atoms with Gasteiger partial charge in [-0.2, -0.15) is 0 Å². The van der Waals surface area contributed by atoms with Gasteiger partial charge in [0.2, 0.25) is 0 Å². The first-order chi connectivity index (χ1) is 14.5. The molecular weight excluding hydrogens is 391 g/mol. The van der Waals surface area contributed by atoms with Crippen LogP contribution in [0.25, 0.3) is 0 Å². The van der Waals surface area contributed by atoms with Gasteiger partial charge in [-0.05, 0) is 37.1 Å². The maximum absolute atomic E-state index is 14.1. The summed E-state index contributed by atoms with van der Waals surface area (Å²) in [4.78, 5) is 28.4. The molecule has 1 aromatic carbocycles. The lowest BCUT2D eigenvalue weighted by Crippen LogP contribution is -2.41. The van der Waals surface area contributed by atoms with Crippen molar-refractivity contribution in [1.29, 1.82) is 0 Å². The summed E-state index contributed by atoms with van der Waals surface area (Å²) >= 11 is 0. The first kappa shape index (κ1) is 20.1. The Morgan fingerprint density at radius 2 is 1.97 bits per heavy atom. The minimum Gasteiger partial charge on any atom is -0.497 e. The van der Waals surface area contributed by atoms with Crippen molar-refractivity contribution in [3.8, 4) is 5.75 Å². The quantitative estimate of drug-likeness (QED) is 0.807. The number of aromatic nitrogens is 3. The summed E-state index contributed by atoms with van der Waals surface area (Å²) < 4.78 is 20.7. The zero-order chi connectivity index (χ0) is 21.1. The van der Waals surface area contributed by atoms with Gasteiger partial charge in [-0.15, -0.1) is 5.10 Å². The van der Waals surface area contributed by atoms with Crippen LogP contribution in [0.2, 0.25) is 0 Å². The number of halogens is 1. The van der Waals surface area contributed by atoms with Gasteiger partial charge in [0.1, 0.15) is 11.9 Å². The van der Waals surface area contributed by atoms with E-state index in [-0.39, 0.29) is 43.2 Å². The first-order valence-corrected chi connectivity index (χ1v) is 10.1. The molecule has 1 aromatic heterocycles. The lowest BCUT2D eigenvalue weighted by Gasteiger charge is -2.24. The summed E-state index contributed by atoms with van der Waals surface area (Å²) in [6.07, 6.45) is 2.68. The summed E-state index contributed by atoms with van der Waals surface area (Å²) in [6, 6.07) is 6.17. The molecule has 2 unspecified atom stereocenters. The molecule has 3 heterocycles. The fourth-order valence-corrected chi connectivity index (χ4v) is 3.93. The Morgan fingerprint density at radius 3 is 2.67 bits per heavy atom. The van der Waals surface area contributed by atoms with Crippen LogP contribution in [0.15, 0.2) is 30.5 Å². The number of anilines is 1. The monoisotopic (exact) mass is 416 g/mol. The number of rotatable bonds is 5. The van der Waals surface area contributed by atoms with E-state index in [0.29, 0.717) is 11.4 Å². The predicted octanol–water partition coefficient (Wildman–Crippen LogP) is 2.17. The number of likely N-dealkylation sites (tertiary alicyclic amines) is 2. The Kier molecular flexibility index (Phi) is 5.82. The van der Waals surface area contributed by atoms with Crippen molar-refractivity contribution in [2.75, 3.05) is 32.1 Å². The van der Waals surface area contributed by atoms with E-state index >= 15 is 0 Å². The van der Waals surface area contributed by atoms with E-state index in [4.69, 9.17) is 4.74 Å². The molecule has 4 rings (SSSR count). The third-order valence-corrected chi connectivity index (χ3v) is 5.51. The minimum atomic E-state index is -1.11. The zero-order valence-electron chi connectivity index (χ0n) is 16.8. The van der Waals surface area contributed by atoms with E-state index in [1.807, 2.05) is 0 Å². The fourth-order valence-electron chi connectivity index (χ4n) is 3.93. The number of carbonyl (C=O) groups is 2. The second kappa shape index (κ2) is 8.68. The van der Waals surface area contributed by atoms with Crippen LogP contribution in [-0.4, -0.2) is 75.7 Å². The van der Waals surface area contributed by atoms with Gasteiger partial charge in [0.05, 0.1) is 32.4 Å². The molecule has 9 nitrogen and oxygen atoms in total. The summed E-state index contributed by atoms with van der Waals surface area (Å²) in [5.41, 5.74) is 0.877. The lowest BCUT2D eigenvalue weighted by molar-refractivity contribution is 0.0787. The smallest absolute Gasteiger partial charge is 0.322 e. The van der Waals surface area contributed by atoms with Crippen LogP contribution in [0.4, 0.5) is 14.9 Å². The van der Waals surface area contributed by atoms with E-state index in [1.165, 1.54) is 9.58 Å². The molecule has 2 atom stereocenters. The number of hydrogen-bond acceptors (Lipinski definition) is 5. The van der Waals surface area contributed by atoms with Crippen molar-refractivity contribution < 1.29 is 18.7 Å². The van der Waals surface area contributed by atoms with E-state index in [9.17, 15) is 14.0 Å². The second-order valence-corrected chi connectivity index (χ2v) is 7.62. The van der Waals surface area contributed by atoms with Gasteiger partial charge in [-0.3, -0.25) is 4.79 Å². The molecule has 0 bridgehead atoms. The van der Waals surface area contributed by atoms with E-state index in [2.05, 4.69) is 15.6 Å². The van der Waals surface area contributed by atoms with Crippen LogP contribution in [-0.2, 0) is 6.54 Å². The molecule has 160 valence electrons. The van der Waals surface area contributed by atoms with Crippen molar-refractivity contribution in [3.05, 3.63) is 36.2 Å². The van der Waals surface area contributed by atoms with Crippen LogP contribution in [0.3, 0.4) is 0 Å². The van der Waals surface area contributed by atoms with Crippen LogP contribution >= 0.6 is 0 Å². The van der Waals surface area contributed by atoms with E-state index < -0.39 is 6.17 Å². The summed E-state index contributed by atoms with van der Waals surface area (Å²) in [5.74, 6) is 0.545. The number of ether oxygens (including phenoxy) is 1. The highest BCUT2D eigenvalue weighted by atomic mass is 19.1. The zero-order valence-corrected chi connectivity index (χ0v) is 16.8. The van der Waals surface area contributed by atoms with Crippen molar-refractivity contribution in [2.45, 2.75) is 38.0 Å². The molecule has 1 N–H and O–H groups in total. The Hall–Kier alpha value is -3.17. The molecule has 2 aromatic rings. The molecule has 10 heteroatoms. The van der Waals surface area contributed by atoms with Crippen LogP contribution in [0.5, 0.6) is 5.75 Å².